The highest BCUT2D eigenvalue weighted by atomic mass is 16.3. The first kappa shape index (κ1) is 27.8. The number of para-hydroxylation sites is 1. The van der Waals surface area contributed by atoms with Crippen molar-refractivity contribution in [3.05, 3.63) is 182 Å². The molecule has 0 aliphatic heterocycles. The Kier molecular flexibility index (Phi) is 6.80. The van der Waals surface area contributed by atoms with Crippen LogP contribution in [0.5, 0.6) is 0 Å². The Bertz CT molecular complexity index is 2550. The van der Waals surface area contributed by atoms with Gasteiger partial charge in [0, 0.05) is 27.6 Å². The lowest BCUT2D eigenvalue weighted by atomic mass is 9.98. The maximum Gasteiger partial charge on any atom is 0.227 e. The highest BCUT2D eigenvalue weighted by Crippen LogP contribution is 2.45. The van der Waals surface area contributed by atoms with Gasteiger partial charge in [-0.3, -0.25) is 0 Å². The normalized spacial score (nSPS) is 11.3. The molecule has 0 saturated heterocycles. The molecule has 0 aliphatic carbocycles. The standard InChI is InChI=1S/C45H30N2O/c1-3-13-31(14-4-1)32-23-26-35(27-24-32)47(42-22-12-11-18-36(42)33-15-5-2-6-16-33)43-30-28-40(38-20-9-10-21-39(38)43)45-46-41-29-25-34-17-7-8-19-37(34)44(41)48-45/h1-30H. The molecule has 0 saturated carbocycles. The topological polar surface area (TPSA) is 29.3 Å². The monoisotopic (exact) mass is 614 g/mol. The molecule has 1 heterocycles. The van der Waals surface area contributed by atoms with Crippen molar-refractivity contribution in [2.45, 2.75) is 0 Å². The molecule has 0 spiro atoms. The van der Waals surface area contributed by atoms with Gasteiger partial charge in [-0.2, -0.15) is 0 Å². The molecule has 9 aromatic rings. The molecule has 48 heavy (non-hydrogen) atoms. The van der Waals surface area contributed by atoms with Crippen LogP contribution in [0.1, 0.15) is 0 Å². The molecule has 0 bridgehead atoms. The molecule has 226 valence electrons. The fourth-order valence-electron chi connectivity index (χ4n) is 6.81. The average Bonchev–Trinajstić information content (AvgIpc) is 3.61. The lowest BCUT2D eigenvalue weighted by Gasteiger charge is -2.29. The summed E-state index contributed by atoms with van der Waals surface area (Å²) in [6, 6.07) is 64.0. The lowest BCUT2D eigenvalue weighted by molar-refractivity contribution is 0.624. The summed E-state index contributed by atoms with van der Waals surface area (Å²) in [5.74, 6) is 0.618. The van der Waals surface area contributed by atoms with Gasteiger partial charge in [-0.25, -0.2) is 4.98 Å². The lowest BCUT2D eigenvalue weighted by Crippen LogP contribution is -2.12. The molecule has 0 N–H and O–H groups in total. The van der Waals surface area contributed by atoms with Gasteiger partial charge in [0.05, 0.1) is 11.4 Å². The molecule has 0 atom stereocenters. The molecule has 9 rings (SSSR count). The van der Waals surface area contributed by atoms with E-state index in [-0.39, 0.29) is 0 Å². The third-order valence-electron chi connectivity index (χ3n) is 9.11. The molecule has 3 nitrogen and oxygen atoms in total. The van der Waals surface area contributed by atoms with Gasteiger partial charge in [-0.05, 0) is 63.9 Å². The first-order valence-corrected chi connectivity index (χ1v) is 16.2. The number of aromatic nitrogens is 1. The Hall–Kier alpha value is -6.45. The third-order valence-corrected chi connectivity index (χ3v) is 9.11. The van der Waals surface area contributed by atoms with Gasteiger partial charge < -0.3 is 9.32 Å². The van der Waals surface area contributed by atoms with Crippen LogP contribution in [0.2, 0.25) is 0 Å². The molecular weight excluding hydrogens is 585 g/mol. The highest BCUT2D eigenvalue weighted by Gasteiger charge is 2.22. The zero-order valence-electron chi connectivity index (χ0n) is 26.1. The van der Waals surface area contributed by atoms with Crippen LogP contribution < -0.4 is 4.90 Å². The van der Waals surface area contributed by atoms with Crippen molar-refractivity contribution >= 4 is 49.7 Å². The second-order valence-electron chi connectivity index (χ2n) is 12.0. The summed E-state index contributed by atoms with van der Waals surface area (Å²) in [4.78, 5) is 7.36. The van der Waals surface area contributed by atoms with Gasteiger partial charge in [0.15, 0.2) is 5.58 Å². The van der Waals surface area contributed by atoms with E-state index in [0.29, 0.717) is 5.89 Å². The molecule has 8 aromatic carbocycles. The largest absolute Gasteiger partial charge is 0.435 e. The van der Waals surface area contributed by atoms with E-state index in [1.165, 1.54) is 16.7 Å². The van der Waals surface area contributed by atoms with E-state index >= 15 is 0 Å². The number of nitrogens with zero attached hydrogens (tertiary/aromatic N) is 2. The SMILES string of the molecule is c1ccc(-c2ccc(N(c3ccccc3-c3ccccc3)c3ccc(-c4nc5ccc6ccccc6c5o4)c4ccccc34)cc2)cc1. The van der Waals surface area contributed by atoms with Crippen molar-refractivity contribution < 1.29 is 4.42 Å². The third kappa shape index (κ3) is 4.81. The van der Waals surface area contributed by atoms with Gasteiger partial charge in [0.1, 0.15) is 5.52 Å². The highest BCUT2D eigenvalue weighted by molar-refractivity contribution is 6.08. The summed E-state index contributed by atoms with van der Waals surface area (Å²) >= 11 is 0. The minimum absolute atomic E-state index is 0.618. The Balaban J connectivity index is 1.25. The van der Waals surface area contributed by atoms with E-state index in [1.807, 2.05) is 12.1 Å². The van der Waals surface area contributed by atoms with E-state index in [2.05, 4.69) is 175 Å². The van der Waals surface area contributed by atoms with Gasteiger partial charge in [0.25, 0.3) is 0 Å². The predicted molar refractivity (Wildman–Crippen MR) is 200 cm³/mol. The molecule has 0 fully saturated rings. The Morgan fingerprint density at radius 3 is 1.81 bits per heavy atom. The fraction of sp³-hybridized carbons (Fsp3) is 0. The van der Waals surface area contributed by atoms with Gasteiger partial charge in [-0.1, -0.05) is 146 Å². The smallest absolute Gasteiger partial charge is 0.227 e. The first-order valence-electron chi connectivity index (χ1n) is 16.2. The van der Waals surface area contributed by atoms with Crippen LogP contribution >= 0.6 is 0 Å². The van der Waals surface area contributed by atoms with Crippen molar-refractivity contribution in [3.8, 4) is 33.7 Å². The number of oxazole rings is 1. The second kappa shape index (κ2) is 11.7. The summed E-state index contributed by atoms with van der Waals surface area (Å²) < 4.78 is 6.55. The van der Waals surface area contributed by atoms with E-state index in [9.17, 15) is 0 Å². The van der Waals surface area contributed by atoms with E-state index in [4.69, 9.17) is 9.40 Å². The summed E-state index contributed by atoms with van der Waals surface area (Å²) in [7, 11) is 0. The van der Waals surface area contributed by atoms with Crippen LogP contribution in [0.4, 0.5) is 17.1 Å². The van der Waals surface area contributed by atoms with Crippen LogP contribution in [0, 0.1) is 0 Å². The molecule has 1 aromatic heterocycles. The molecule has 0 amide bonds. The number of hydrogen-bond donors (Lipinski definition) is 0. The second-order valence-corrected chi connectivity index (χ2v) is 12.0. The molecular formula is C45H30N2O. The number of anilines is 3. The molecule has 0 aliphatic rings. The Morgan fingerprint density at radius 1 is 0.396 bits per heavy atom. The quantitative estimate of drug-likeness (QED) is 0.187. The fourth-order valence-corrected chi connectivity index (χ4v) is 6.81. The van der Waals surface area contributed by atoms with Gasteiger partial charge in [0.2, 0.25) is 5.89 Å². The molecule has 0 unspecified atom stereocenters. The average molecular weight is 615 g/mol. The number of hydrogen-bond acceptors (Lipinski definition) is 3. The minimum atomic E-state index is 0.618. The van der Waals surface area contributed by atoms with Crippen LogP contribution in [-0.4, -0.2) is 4.98 Å². The number of rotatable bonds is 6. The van der Waals surface area contributed by atoms with Crippen LogP contribution in [-0.2, 0) is 0 Å². The van der Waals surface area contributed by atoms with Crippen LogP contribution in [0.3, 0.4) is 0 Å². The first-order chi connectivity index (χ1) is 23.8. The van der Waals surface area contributed by atoms with Gasteiger partial charge in [-0.15, -0.1) is 0 Å². The maximum atomic E-state index is 6.55. The summed E-state index contributed by atoms with van der Waals surface area (Å²) in [5, 5.41) is 4.39. The summed E-state index contributed by atoms with van der Waals surface area (Å²) in [6.07, 6.45) is 0. The Morgan fingerprint density at radius 2 is 1.02 bits per heavy atom. The predicted octanol–water partition coefficient (Wildman–Crippen LogP) is 12.6. The van der Waals surface area contributed by atoms with E-state index in [0.717, 1.165) is 60.8 Å². The Labute approximate surface area is 279 Å². The molecule has 0 radical (unpaired) electrons. The van der Waals surface area contributed by atoms with Crippen molar-refractivity contribution in [2.75, 3.05) is 4.90 Å². The maximum absolute atomic E-state index is 6.55. The number of benzene rings is 8. The minimum Gasteiger partial charge on any atom is -0.435 e. The van der Waals surface area contributed by atoms with E-state index in [1.54, 1.807) is 0 Å². The van der Waals surface area contributed by atoms with Gasteiger partial charge >= 0.3 is 0 Å². The van der Waals surface area contributed by atoms with Crippen molar-refractivity contribution in [1.29, 1.82) is 0 Å². The van der Waals surface area contributed by atoms with Crippen LogP contribution in [0.25, 0.3) is 66.4 Å². The van der Waals surface area contributed by atoms with Crippen molar-refractivity contribution in [2.24, 2.45) is 0 Å². The van der Waals surface area contributed by atoms with Crippen molar-refractivity contribution in [3.63, 3.8) is 0 Å². The molecule has 3 heteroatoms. The number of fused-ring (bicyclic) bond motifs is 4. The van der Waals surface area contributed by atoms with Crippen molar-refractivity contribution in [1.82, 2.24) is 4.98 Å². The summed E-state index contributed by atoms with van der Waals surface area (Å²) in [5.41, 5.74) is 10.6. The summed E-state index contributed by atoms with van der Waals surface area (Å²) in [6.45, 7) is 0. The van der Waals surface area contributed by atoms with E-state index < -0.39 is 0 Å². The van der Waals surface area contributed by atoms with Crippen LogP contribution in [0.15, 0.2) is 186 Å². The zero-order chi connectivity index (χ0) is 31.9. The zero-order valence-corrected chi connectivity index (χ0v) is 26.1.